The summed E-state index contributed by atoms with van der Waals surface area (Å²) in [7, 11) is 0. The Morgan fingerprint density at radius 2 is 2.21 bits per heavy atom. The highest BCUT2D eigenvalue weighted by atomic mass is 16.3. The van der Waals surface area contributed by atoms with Gasteiger partial charge in [0.2, 0.25) is 0 Å². The molecule has 1 unspecified atom stereocenters. The fourth-order valence-electron chi connectivity index (χ4n) is 2.73. The van der Waals surface area contributed by atoms with Crippen LogP contribution >= 0.6 is 0 Å². The summed E-state index contributed by atoms with van der Waals surface area (Å²) in [6, 6.07) is 1.85. The van der Waals surface area contributed by atoms with Gasteiger partial charge in [0.15, 0.2) is 0 Å². The maximum absolute atomic E-state index is 10.0. The van der Waals surface area contributed by atoms with Crippen molar-refractivity contribution < 1.29 is 10.2 Å². The van der Waals surface area contributed by atoms with Gasteiger partial charge < -0.3 is 15.5 Å². The molecule has 0 aliphatic heterocycles. The molecule has 0 radical (unpaired) electrons. The van der Waals surface area contributed by atoms with Crippen molar-refractivity contribution in [3.8, 4) is 0 Å². The van der Waals surface area contributed by atoms with Crippen molar-refractivity contribution in [2.45, 2.75) is 50.8 Å². The Labute approximate surface area is 114 Å². The molecule has 0 spiro atoms. The van der Waals surface area contributed by atoms with E-state index in [9.17, 15) is 10.2 Å². The first kappa shape index (κ1) is 14.5. The standard InChI is InChI=1S/C14H25N3O2/c1-12-3-5-14(11-18,6-4-12)15-9-13(19)10-17-8-2-7-16-17/h2,7-8,12-13,15,18-19H,3-6,9-11H2,1H3. The summed E-state index contributed by atoms with van der Waals surface area (Å²) in [6.45, 7) is 3.38. The van der Waals surface area contributed by atoms with E-state index in [1.807, 2.05) is 12.3 Å². The SMILES string of the molecule is CC1CCC(CO)(NCC(O)Cn2cccn2)CC1. The zero-order chi connectivity index (χ0) is 13.7. The molecule has 2 rings (SSSR count). The minimum absolute atomic E-state index is 0.147. The van der Waals surface area contributed by atoms with Crippen LogP contribution in [0.4, 0.5) is 0 Å². The molecule has 3 N–H and O–H groups in total. The number of β-amino-alcohol motifs (C(OH)–C–C–N with tert-alkyl or cyclic N) is 1. The third-order valence-corrected chi connectivity index (χ3v) is 4.20. The van der Waals surface area contributed by atoms with E-state index in [0.717, 1.165) is 31.6 Å². The van der Waals surface area contributed by atoms with Crippen LogP contribution in [0.2, 0.25) is 0 Å². The van der Waals surface area contributed by atoms with E-state index in [1.165, 1.54) is 0 Å². The number of rotatable bonds is 6. The molecule has 5 nitrogen and oxygen atoms in total. The van der Waals surface area contributed by atoms with Crippen molar-refractivity contribution in [3.63, 3.8) is 0 Å². The lowest BCUT2D eigenvalue weighted by atomic mass is 9.77. The van der Waals surface area contributed by atoms with E-state index in [4.69, 9.17) is 0 Å². The maximum Gasteiger partial charge on any atom is 0.0860 e. The summed E-state index contributed by atoms with van der Waals surface area (Å²) in [5, 5.41) is 27.1. The maximum atomic E-state index is 10.0. The molecule has 0 bridgehead atoms. The molecule has 1 aliphatic carbocycles. The summed E-state index contributed by atoms with van der Waals surface area (Å²) in [5.41, 5.74) is -0.197. The minimum Gasteiger partial charge on any atom is -0.394 e. The first-order valence-corrected chi connectivity index (χ1v) is 7.15. The number of aromatic nitrogens is 2. The molecule has 19 heavy (non-hydrogen) atoms. The van der Waals surface area contributed by atoms with Crippen molar-refractivity contribution in [1.29, 1.82) is 0 Å². The average Bonchev–Trinajstić information content (AvgIpc) is 2.92. The van der Waals surface area contributed by atoms with Gasteiger partial charge in [0.05, 0.1) is 19.3 Å². The van der Waals surface area contributed by atoms with Gasteiger partial charge in [-0.05, 0) is 37.7 Å². The largest absolute Gasteiger partial charge is 0.394 e. The van der Waals surface area contributed by atoms with Crippen LogP contribution in [0.25, 0.3) is 0 Å². The van der Waals surface area contributed by atoms with Crippen LogP contribution in [-0.2, 0) is 6.54 Å². The summed E-state index contributed by atoms with van der Waals surface area (Å²) < 4.78 is 1.72. The van der Waals surface area contributed by atoms with Crippen LogP contribution in [0.1, 0.15) is 32.6 Å². The molecule has 0 amide bonds. The highest BCUT2D eigenvalue weighted by Gasteiger charge is 2.33. The monoisotopic (exact) mass is 267 g/mol. The fourth-order valence-corrected chi connectivity index (χ4v) is 2.73. The number of aliphatic hydroxyl groups excluding tert-OH is 2. The molecule has 1 fully saturated rings. The van der Waals surface area contributed by atoms with Crippen LogP contribution < -0.4 is 5.32 Å². The van der Waals surface area contributed by atoms with Gasteiger partial charge in [0, 0.05) is 24.5 Å². The predicted molar refractivity (Wildman–Crippen MR) is 73.7 cm³/mol. The van der Waals surface area contributed by atoms with Gasteiger partial charge in [-0.2, -0.15) is 5.10 Å². The molecule has 1 heterocycles. The molecule has 1 saturated carbocycles. The summed E-state index contributed by atoms with van der Waals surface area (Å²) in [6.07, 6.45) is 7.32. The smallest absolute Gasteiger partial charge is 0.0860 e. The Balaban J connectivity index is 1.79. The Morgan fingerprint density at radius 3 is 2.79 bits per heavy atom. The van der Waals surface area contributed by atoms with Gasteiger partial charge in [-0.15, -0.1) is 0 Å². The summed E-state index contributed by atoms with van der Waals surface area (Å²) in [4.78, 5) is 0. The molecule has 108 valence electrons. The molecular weight excluding hydrogens is 242 g/mol. The van der Waals surface area contributed by atoms with E-state index in [0.29, 0.717) is 13.1 Å². The van der Waals surface area contributed by atoms with Gasteiger partial charge in [-0.25, -0.2) is 0 Å². The second-order valence-corrected chi connectivity index (χ2v) is 5.88. The van der Waals surface area contributed by atoms with Crippen molar-refractivity contribution >= 4 is 0 Å². The quantitative estimate of drug-likeness (QED) is 0.712. The second-order valence-electron chi connectivity index (χ2n) is 5.88. The number of hydrogen-bond donors (Lipinski definition) is 3. The van der Waals surface area contributed by atoms with Crippen molar-refractivity contribution in [3.05, 3.63) is 18.5 Å². The van der Waals surface area contributed by atoms with Gasteiger partial charge in [-0.1, -0.05) is 6.92 Å². The second kappa shape index (κ2) is 6.50. The number of hydrogen-bond acceptors (Lipinski definition) is 4. The average molecular weight is 267 g/mol. The molecule has 1 aromatic heterocycles. The number of nitrogens with zero attached hydrogens (tertiary/aromatic N) is 2. The molecular formula is C14H25N3O2. The summed E-state index contributed by atoms with van der Waals surface area (Å²) in [5.74, 6) is 0.746. The molecule has 1 atom stereocenters. The first-order valence-electron chi connectivity index (χ1n) is 7.15. The highest BCUT2D eigenvalue weighted by molar-refractivity contribution is 4.92. The van der Waals surface area contributed by atoms with Gasteiger partial charge in [0.1, 0.15) is 0 Å². The van der Waals surface area contributed by atoms with E-state index in [2.05, 4.69) is 17.3 Å². The molecule has 1 aliphatic rings. The van der Waals surface area contributed by atoms with Crippen LogP contribution in [0, 0.1) is 5.92 Å². The topological polar surface area (TPSA) is 70.3 Å². The van der Waals surface area contributed by atoms with Crippen LogP contribution in [0.3, 0.4) is 0 Å². The van der Waals surface area contributed by atoms with Gasteiger partial charge >= 0.3 is 0 Å². The predicted octanol–water partition coefficient (Wildman–Crippen LogP) is 0.775. The highest BCUT2D eigenvalue weighted by Crippen LogP contribution is 2.31. The van der Waals surface area contributed by atoms with E-state index < -0.39 is 6.10 Å². The van der Waals surface area contributed by atoms with E-state index in [1.54, 1.807) is 10.9 Å². The van der Waals surface area contributed by atoms with Gasteiger partial charge in [-0.3, -0.25) is 4.68 Å². The molecule has 0 saturated heterocycles. The van der Waals surface area contributed by atoms with E-state index in [-0.39, 0.29) is 12.1 Å². The van der Waals surface area contributed by atoms with Crippen LogP contribution in [0.5, 0.6) is 0 Å². The normalized spacial score (nSPS) is 29.3. The Kier molecular flexibility index (Phi) is 4.96. The van der Waals surface area contributed by atoms with Crippen molar-refractivity contribution in [1.82, 2.24) is 15.1 Å². The fraction of sp³-hybridized carbons (Fsp3) is 0.786. The van der Waals surface area contributed by atoms with Crippen molar-refractivity contribution in [2.75, 3.05) is 13.2 Å². The zero-order valence-corrected chi connectivity index (χ0v) is 11.6. The van der Waals surface area contributed by atoms with Crippen molar-refractivity contribution in [2.24, 2.45) is 5.92 Å². The molecule has 0 aromatic carbocycles. The Morgan fingerprint density at radius 1 is 1.47 bits per heavy atom. The molecule has 5 heteroatoms. The minimum atomic E-state index is -0.484. The Bertz CT molecular complexity index is 359. The number of aliphatic hydroxyl groups is 2. The lowest BCUT2D eigenvalue weighted by Crippen LogP contribution is -2.53. The van der Waals surface area contributed by atoms with Gasteiger partial charge in [0.25, 0.3) is 0 Å². The first-order chi connectivity index (χ1) is 9.13. The number of nitrogens with one attached hydrogen (secondary N) is 1. The van der Waals surface area contributed by atoms with Crippen LogP contribution in [0.15, 0.2) is 18.5 Å². The third kappa shape index (κ3) is 4.03. The lowest BCUT2D eigenvalue weighted by molar-refractivity contribution is 0.0777. The van der Waals surface area contributed by atoms with E-state index >= 15 is 0 Å². The van der Waals surface area contributed by atoms with Crippen LogP contribution in [-0.4, -0.2) is 44.8 Å². The zero-order valence-electron chi connectivity index (χ0n) is 11.6. The summed E-state index contributed by atoms with van der Waals surface area (Å²) >= 11 is 0. The third-order valence-electron chi connectivity index (χ3n) is 4.20. The lowest BCUT2D eigenvalue weighted by Gasteiger charge is -2.39. The Hall–Kier alpha value is -0.910. The molecule has 1 aromatic rings.